The van der Waals surface area contributed by atoms with Gasteiger partial charge < -0.3 is 10.1 Å². The van der Waals surface area contributed by atoms with Crippen molar-refractivity contribution in [3.8, 4) is 0 Å². The molecule has 1 aliphatic heterocycles. The molecule has 0 radical (unpaired) electrons. The molecule has 1 fully saturated rings. The van der Waals surface area contributed by atoms with Crippen LogP contribution in [0.1, 0.15) is 26.7 Å². The number of nitrogens with zero attached hydrogens (tertiary/aromatic N) is 1. The van der Waals surface area contributed by atoms with Crippen molar-refractivity contribution in [3.05, 3.63) is 0 Å². The quantitative estimate of drug-likeness (QED) is 0.673. The molecule has 3 heteroatoms. The van der Waals surface area contributed by atoms with E-state index in [1.165, 1.54) is 19.4 Å². The van der Waals surface area contributed by atoms with Gasteiger partial charge in [0.15, 0.2) is 0 Å². The highest BCUT2D eigenvalue weighted by Crippen LogP contribution is 2.18. The largest absolute Gasteiger partial charge is 0.378 e. The standard InChI is InChI=1S/C11H24N2O/c1-11(2)10-14-9-8-13(11)7-5-4-6-12-3/h12H,4-10H2,1-3H3. The second-order valence-electron chi connectivity index (χ2n) is 4.66. The summed E-state index contributed by atoms with van der Waals surface area (Å²) >= 11 is 0. The number of ether oxygens (including phenoxy) is 1. The van der Waals surface area contributed by atoms with E-state index in [4.69, 9.17) is 4.74 Å². The van der Waals surface area contributed by atoms with E-state index < -0.39 is 0 Å². The van der Waals surface area contributed by atoms with Gasteiger partial charge in [0.2, 0.25) is 0 Å². The summed E-state index contributed by atoms with van der Waals surface area (Å²) in [6, 6.07) is 0. The minimum atomic E-state index is 0.234. The Morgan fingerprint density at radius 1 is 1.36 bits per heavy atom. The Morgan fingerprint density at radius 3 is 2.79 bits per heavy atom. The first-order chi connectivity index (χ1) is 6.67. The van der Waals surface area contributed by atoms with Crippen LogP contribution in [0.5, 0.6) is 0 Å². The van der Waals surface area contributed by atoms with Crippen LogP contribution in [0.4, 0.5) is 0 Å². The SMILES string of the molecule is CNCCCCN1CCOCC1(C)C. The maximum Gasteiger partial charge on any atom is 0.0645 e. The molecule has 0 aromatic carbocycles. The number of hydrogen-bond acceptors (Lipinski definition) is 3. The zero-order valence-corrected chi connectivity index (χ0v) is 9.81. The molecule has 14 heavy (non-hydrogen) atoms. The molecular formula is C11H24N2O. The van der Waals surface area contributed by atoms with Gasteiger partial charge in [0.1, 0.15) is 0 Å². The van der Waals surface area contributed by atoms with Crippen LogP contribution in [0, 0.1) is 0 Å². The molecule has 1 rings (SSSR count). The molecule has 3 nitrogen and oxygen atoms in total. The molecule has 1 N–H and O–H groups in total. The first-order valence-electron chi connectivity index (χ1n) is 5.64. The molecule has 0 amide bonds. The van der Waals surface area contributed by atoms with Gasteiger partial charge in [-0.15, -0.1) is 0 Å². The molecule has 84 valence electrons. The Hall–Kier alpha value is -0.120. The highest BCUT2D eigenvalue weighted by atomic mass is 16.5. The molecular weight excluding hydrogens is 176 g/mol. The lowest BCUT2D eigenvalue weighted by atomic mass is 10.0. The van der Waals surface area contributed by atoms with Crippen LogP contribution in [-0.2, 0) is 4.74 Å². The minimum Gasteiger partial charge on any atom is -0.378 e. The second-order valence-corrected chi connectivity index (χ2v) is 4.66. The average molecular weight is 200 g/mol. The first kappa shape index (κ1) is 12.0. The second kappa shape index (κ2) is 5.69. The van der Waals surface area contributed by atoms with Crippen LogP contribution in [0.2, 0.25) is 0 Å². The summed E-state index contributed by atoms with van der Waals surface area (Å²) in [4.78, 5) is 2.55. The Labute approximate surface area is 87.8 Å². The van der Waals surface area contributed by atoms with Crippen molar-refractivity contribution >= 4 is 0 Å². The third kappa shape index (κ3) is 3.56. The van der Waals surface area contributed by atoms with Crippen molar-refractivity contribution in [2.45, 2.75) is 32.2 Å². The number of unbranched alkanes of at least 4 members (excludes halogenated alkanes) is 1. The maximum atomic E-state index is 5.49. The zero-order valence-electron chi connectivity index (χ0n) is 9.81. The number of nitrogens with one attached hydrogen (secondary N) is 1. The molecule has 1 aliphatic rings. The Bertz CT molecular complexity index is 159. The lowest BCUT2D eigenvalue weighted by Crippen LogP contribution is -2.53. The van der Waals surface area contributed by atoms with Crippen LogP contribution in [-0.4, -0.2) is 50.3 Å². The molecule has 0 aromatic heterocycles. The fraction of sp³-hybridized carbons (Fsp3) is 1.00. The van der Waals surface area contributed by atoms with Gasteiger partial charge in [-0.3, -0.25) is 4.90 Å². The summed E-state index contributed by atoms with van der Waals surface area (Å²) in [7, 11) is 2.01. The van der Waals surface area contributed by atoms with Crippen molar-refractivity contribution in [1.29, 1.82) is 0 Å². The molecule has 0 aromatic rings. The van der Waals surface area contributed by atoms with E-state index in [9.17, 15) is 0 Å². The molecule has 0 unspecified atom stereocenters. The van der Waals surface area contributed by atoms with Crippen LogP contribution >= 0.6 is 0 Å². The Morgan fingerprint density at radius 2 is 2.14 bits per heavy atom. The Kier molecular flexibility index (Phi) is 4.85. The van der Waals surface area contributed by atoms with Gasteiger partial charge in [-0.1, -0.05) is 0 Å². The fourth-order valence-corrected chi connectivity index (χ4v) is 1.91. The molecule has 1 saturated heterocycles. The van der Waals surface area contributed by atoms with Gasteiger partial charge in [-0.25, -0.2) is 0 Å². The summed E-state index contributed by atoms with van der Waals surface area (Å²) in [5.74, 6) is 0. The van der Waals surface area contributed by atoms with Gasteiger partial charge in [0.05, 0.1) is 13.2 Å². The van der Waals surface area contributed by atoms with Crippen molar-refractivity contribution in [2.24, 2.45) is 0 Å². The normalized spacial score (nSPS) is 22.5. The van der Waals surface area contributed by atoms with Gasteiger partial charge in [-0.2, -0.15) is 0 Å². The smallest absolute Gasteiger partial charge is 0.0645 e. The third-order valence-corrected chi connectivity index (χ3v) is 2.92. The summed E-state index contributed by atoms with van der Waals surface area (Å²) in [5, 5.41) is 3.18. The van der Waals surface area contributed by atoms with E-state index in [2.05, 4.69) is 24.1 Å². The number of rotatable bonds is 5. The van der Waals surface area contributed by atoms with Crippen molar-refractivity contribution < 1.29 is 4.74 Å². The summed E-state index contributed by atoms with van der Waals surface area (Å²) in [6.45, 7) is 9.73. The summed E-state index contributed by atoms with van der Waals surface area (Å²) in [5.41, 5.74) is 0.234. The summed E-state index contributed by atoms with van der Waals surface area (Å²) < 4.78 is 5.49. The highest BCUT2D eigenvalue weighted by molar-refractivity contribution is 4.84. The lowest BCUT2D eigenvalue weighted by molar-refractivity contribution is -0.0512. The highest BCUT2D eigenvalue weighted by Gasteiger charge is 2.29. The topological polar surface area (TPSA) is 24.5 Å². The van der Waals surface area contributed by atoms with Crippen molar-refractivity contribution in [2.75, 3.05) is 39.9 Å². The van der Waals surface area contributed by atoms with Crippen LogP contribution in [0.25, 0.3) is 0 Å². The predicted molar refractivity (Wildman–Crippen MR) is 59.6 cm³/mol. The number of hydrogen-bond donors (Lipinski definition) is 1. The van der Waals surface area contributed by atoms with Crippen LogP contribution in [0.15, 0.2) is 0 Å². The first-order valence-corrected chi connectivity index (χ1v) is 5.64. The fourth-order valence-electron chi connectivity index (χ4n) is 1.91. The van der Waals surface area contributed by atoms with Gasteiger partial charge in [0, 0.05) is 12.1 Å². The third-order valence-electron chi connectivity index (χ3n) is 2.92. The minimum absolute atomic E-state index is 0.234. The van der Waals surface area contributed by atoms with E-state index in [0.29, 0.717) is 0 Å². The predicted octanol–water partition coefficient (Wildman–Crippen LogP) is 1.10. The van der Waals surface area contributed by atoms with Crippen molar-refractivity contribution in [1.82, 2.24) is 10.2 Å². The molecule has 0 atom stereocenters. The lowest BCUT2D eigenvalue weighted by Gasteiger charge is -2.42. The van der Waals surface area contributed by atoms with E-state index in [0.717, 1.165) is 26.3 Å². The molecule has 0 bridgehead atoms. The molecule has 0 aliphatic carbocycles. The van der Waals surface area contributed by atoms with Crippen LogP contribution in [0.3, 0.4) is 0 Å². The van der Waals surface area contributed by atoms with Crippen LogP contribution < -0.4 is 5.32 Å². The monoisotopic (exact) mass is 200 g/mol. The average Bonchev–Trinajstić information content (AvgIpc) is 2.14. The van der Waals surface area contributed by atoms with Gasteiger partial charge in [0.25, 0.3) is 0 Å². The van der Waals surface area contributed by atoms with Gasteiger partial charge in [-0.05, 0) is 46.8 Å². The van der Waals surface area contributed by atoms with E-state index in [-0.39, 0.29) is 5.54 Å². The molecule has 1 heterocycles. The van der Waals surface area contributed by atoms with E-state index >= 15 is 0 Å². The zero-order chi connectivity index (χ0) is 10.4. The van der Waals surface area contributed by atoms with E-state index in [1.807, 2.05) is 7.05 Å². The van der Waals surface area contributed by atoms with Gasteiger partial charge >= 0.3 is 0 Å². The number of morpholine rings is 1. The molecule has 0 spiro atoms. The summed E-state index contributed by atoms with van der Waals surface area (Å²) in [6.07, 6.45) is 2.55. The maximum absolute atomic E-state index is 5.49. The van der Waals surface area contributed by atoms with Crippen molar-refractivity contribution in [3.63, 3.8) is 0 Å². The van der Waals surface area contributed by atoms with E-state index in [1.54, 1.807) is 0 Å². The Balaban J connectivity index is 2.20. The molecule has 0 saturated carbocycles.